The fourth-order valence-corrected chi connectivity index (χ4v) is 6.23. The summed E-state index contributed by atoms with van der Waals surface area (Å²) in [4.78, 5) is 3.85. The Morgan fingerprint density at radius 3 is 2.00 bits per heavy atom. The lowest BCUT2D eigenvalue weighted by Crippen LogP contribution is -2.55. The molecule has 0 spiro atoms. The first-order valence-corrected chi connectivity index (χ1v) is 8.68. The summed E-state index contributed by atoms with van der Waals surface area (Å²) < 4.78 is 0. The third kappa shape index (κ3) is 6.27. The molecule has 0 atom stereocenters. The number of rotatable bonds is 5. The molecule has 80 valence electrons. The smallest absolute Gasteiger partial charge is 0.120 e. The van der Waals surface area contributed by atoms with E-state index in [2.05, 4.69) is 52.7 Å². The van der Waals surface area contributed by atoms with Crippen LogP contribution in [0.5, 0.6) is 0 Å². The average Bonchev–Trinajstić information content (AvgIpc) is 1.81. The van der Waals surface area contributed by atoms with Gasteiger partial charge in [-0.25, -0.2) is 0 Å². The maximum Gasteiger partial charge on any atom is 0.120 e. The van der Waals surface area contributed by atoms with E-state index in [0.717, 1.165) is 5.92 Å². The van der Waals surface area contributed by atoms with E-state index in [0.29, 0.717) is 5.54 Å². The molecule has 1 nitrogen and oxygen atoms in total. The number of hydrogen-bond donors (Lipinski definition) is 1. The van der Waals surface area contributed by atoms with Crippen molar-refractivity contribution in [2.24, 2.45) is 5.92 Å². The minimum Gasteiger partial charge on any atom is -0.332 e. The van der Waals surface area contributed by atoms with Gasteiger partial charge in [-0.1, -0.05) is 33.9 Å². The molecular weight excluding hydrogens is 174 g/mol. The highest BCUT2D eigenvalue weighted by atomic mass is 28.3. The van der Waals surface area contributed by atoms with Crippen LogP contribution in [-0.2, 0) is 0 Å². The molecule has 0 unspecified atom stereocenters. The van der Waals surface area contributed by atoms with Crippen molar-refractivity contribution in [3.63, 3.8) is 0 Å². The normalized spacial score (nSPS) is 13.8. The summed E-state index contributed by atoms with van der Waals surface area (Å²) in [6, 6.07) is 1.37. The molecule has 0 saturated carbocycles. The van der Waals surface area contributed by atoms with Gasteiger partial charge in [0.2, 0.25) is 0 Å². The lowest BCUT2D eigenvalue weighted by Gasteiger charge is -2.36. The maximum atomic E-state index is 3.85. The van der Waals surface area contributed by atoms with Crippen LogP contribution in [-0.4, -0.2) is 13.8 Å². The van der Waals surface area contributed by atoms with Gasteiger partial charge in [0, 0.05) is 5.54 Å². The highest BCUT2D eigenvalue weighted by Crippen LogP contribution is 2.18. The van der Waals surface area contributed by atoms with Crippen LogP contribution >= 0.6 is 0 Å². The van der Waals surface area contributed by atoms with Crippen LogP contribution in [0.1, 0.15) is 41.0 Å². The van der Waals surface area contributed by atoms with Gasteiger partial charge in [0.15, 0.2) is 0 Å². The van der Waals surface area contributed by atoms with Crippen LogP contribution in [0.3, 0.4) is 0 Å². The fraction of sp³-hybridized carbons (Fsp3) is 1.00. The van der Waals surface area contributed by atoms with Crippen molar-refractivity contribution in [2.75, 3.05) is 0 Å². The summed E-state index contributed by atoms with van der Waals surface area (Å²) in [7, 11) is -1.17. The highest BCUT2D eigenvalue weighted by Gasteiger charge is 2.28. The van der Waals surface area contributed by atoms with Crippen molar-refractivity contribution in [1.82, 2.24) is 4.98 Å². The molecule has 0 saturated heterocycles. The molecule has 0 fully saturated rings. The van der Waals surface area contributed by atoms with Crippen molar-refractivity contribution in [3.05, 3.63) is 0 Å². The Kier molecular flexibility index (Phi) is 4.67. The van der Waals surface area contributed by atoms with Crippen molar-refractivity contribution in [3.8, 4) is 0 Å². The second-order valence-electron chi connectivity index (χ2n) is 5.84. The second-order valence-corrected chi connectivity index (χ2v) is 10.3. The zero-order chi connectivity index (χ0) is 10.7. The topological polar surface area (TPSA) is 12.0 Å². The predicted molar refractivity (Wildman–Crippen MR) is 64.6 cm³/mol. The molecule has 0 rings (SSSR count). The van der Waals surface area contributed by atoms with Gasteiger partial charge in [-0.2, -0.15) is 0 Å². The molecule has 0 aliphatic heterocycles. The zero-order valence-electron chi connectivity index (χ0n) is 10.5. The summed E-state index contributed by atoms with van der Waals surface area (Å²) in [6.07, 6.45) is 1.21. The van der Waals surface area contributed by atoms with Crippen LogP contribution in [0.15, 0.2) is 0 Å². The van der Waals surface area contributed by atoms with Crippen LogP contribution < -0.4 is 4.98 Å². The Morgan fingerprint density at radius 1 is 1.23 bits per heavy atom. The number of nitrogens with one attached hydrogen (secondary N) is 1. The Morgan fingerprint density at radius 2 is 1.69 bits per heavy atom. The monoisotopic (exact) mass is 201 g/mol. The van der Waals surface area contributed by atoms with E-state index in [1.165, 1.54) is 12.5 Å². The summed E-state index contributed by atoms with van der Waals surface area (Å²) in [6.45, 7) is 16.4. The molecule has 0 aliphatic rings. The third-order valence-electron chi connectivity index (χ3n) is 2.48. The lowest BCUT2D eigenvalue weighted by molar-refractivity contribution is 0.443. The van der Waals surface area contributed by atoms with Gasteiger partial charge >= 0.3 is 0 Å². The largest absolute Gasteiger partial charge is 0.332 e. The SMILES string of the molecule is CCC(C)(C)N[Si](C)(C)CC(C)C. The molecule has 13 heavy (non-hydrogen) atoms. The molecule has 1 N–H and O–H groups in total. The van der Waals surface area contributed by atoms with Crippen LogP contribution in [0.4, 0.5) is 0 Å². The molecular formula is C11H27NSi. The minimum absolute atomic E-state index is 0.324. The van der Waals surface area contributed by atoms with Crippen molar-refractivity contribution in [2.45, 2.75) is 65.7 Å². The molecule has 0 aliphatic carbocycles. The Bertz CT molecular complexity index is 150. The van der Waals surface area contributed by atoms with E-state index in [1.807, 2.05) is 0 Å². The Balaban J connectivity index is 4.16. The summed E-state index contributed by atoms with van der Waals surface area (Å²) in [5.74, 6) is 0.821. The third-order valence-corrected chi connectivity index (χ3v) is 5.67. The summed E-state index contributed by atoms with van der Waals surface area (Å²) in [5, 5.41) is 0. The van der Waals surface area contributed by atoms with E-state index in [4.69, 9.17) is 0 Å². The molecule has 0 heterocycles. The van der Waals surface area contributed by atoms with E-state index in [9.17, 15) is 0 Å². The standard InChI is InChI=1S/C11H27NSi/c1-8-11(4,5)12-13(6,7)9-10(2)3/h10,12H,8-9H2,1-7H3. The highest BCUT2D eigenvalue weighted by molar-refractivity contribution is 6.75. The van der Waals surface area contributed by atoms with Gasteiger partial charge < -0.3 is 4.98 Å². The van der Waals surface area contributed by atoms with Gasteiger partial charge in [0.05, 0.1) is 0 Å². The minimum atomic E-state index is -1.17. The fourth-order valence-electron chi connectivity index (χ4n) is 2.08. The van der Waals surface area contributed by atoms with Gasteiger partial charge in [-0.05, 0) is 32.2 Å². The van der Waals surface area contributed by atoms with Crippen molar-refractivity contribution >= 4 is 8.24 Å². The molecule has 0 aromatic rings. The van der Waals surface area contributed by atoms with Crippen LogP contribution in [0.25, 0.3) is 0 Å². The van der Waals surface area contributed by atoms with Crippen molar-refractivity contribution < 1.29 is 0 Å². The van der Waals surface area contributed by atoms with E-state index in [-0.39, 0.29) is 0 Å². The van der Waals surface area contributed by atoms with E-state index in [1.54, 1.807) is 0 Å². The van der Waals surface area contributed by atoms with Gasteiger partial charge in [0.1, 0.15) is 8.24 Å². The van der Waals surface area contributed by atoms with E-state index >= 15 is 0 Å². The molecule has 0 radical (unpaired) electrons. The Hall–Kier alpha value is 0.177. The van der Waals surface area contributed by atoms with Crippen LogP contribution in [0.2, 0.25) is 19.1 Å². The molecule has 2 heteroatoms. The molecule has 0 aromatic heterocycles. The zero-order valence-corrected chi connectivity index (χ0v) is 11.5. The van der Waals surface area contributed by atoms with Gasteiger partial charge in [-0.15, -0.1) is 0 Å². The lowest BCUT2D eigenvalue weighted by atomic mass is 10.0. The van der Waals surface area contributed by atoms with Gasteiger partial charge in [0.25, 0.3) is 0 Å². The first-order chi connectivity index (χ1) is 5.68. The van der Waals surface area contributed by atoms with Gasteiger partial charge in [-0.3, -0.25) is 0 Å². The molecule has 0 amide bonds. The first-order valence-electron chi connectivity index (χ1n) is 5.48. The number of hydrogen-bond acceptors (Lipinski definition) is 1. The van der Waals surface area contributed by atoms with Crippen LogP contribution in [0, 0.1) is 5.92 Å². The average molecular weight is 201 g/mol. The summed E-state index contributed by atoms with van der Waals surface area (Å²) in [5.41, 5.74) is 0.324. The Labute approximate surface area is 85.4 Å². The predicted octanol–water partition coefficient (Wildman–Crippen LogP) is 3.63. The molecule has 0 bridgehead atoms. The first kappa shape index (κ1) is 13.2. The maximum absolute atomic E-state index is 3.85. The quantitative estimate of drug-likeness (QED) is 0.670. The van der Waals surface area contributed by atoms with Crippen molar-refractivity contribution in [1.29, 1.82) is 0 Å². The summed E-state index contributed by atoms with van der Waals surface area (Å²) >= 11 is 0. The second kappa shape index (κ2) is 4.60. The molecule has 0 aromatic carbocycles. The van der Waals surface area contributed by atoms with E-state index < -0.39 is 8.24 Å².